The van der Waals surface area contributed by atoms with E-state index >= 15 is 0 Å². The summed E-state index contributed by atoms with van der Waals surface area (Å²) >= 11 is 0. The van der Waals surface area contributed by atoms with Gasteiger partial charge in [-0.05, 0) is 37.1 Å². The topological polar surface area (TPSA) is 58.6 Å². The molecule has 2 heterocycles. The lowest BCUT2D eigenvalue weighted by Gasteiger charge is -2.43. The molecule has 2 aliphatic rings. The van der Waals surface area contributed by atoms with Crippen LogP contribution in [0.4, 0.5) is 4.39 Å². The van der Waals surface area contributed by atoms with E-state index in [0.29, 0.717) is 25.1 Å². The van der Waals surface area contributed by atoms with Crippen LogP contribution in [0.2, 0.25) is 0 Å². The van der Waals surface area contributed by atoms with Gasteiger partial charge in [-0.1, -0.05) is 0 Å². The number of carbonyl (C=O) groups excluding carboxylic acids is 2. The van der Waals surface area contributed by atoms with Crippen LogP contribution in [0.5, 0.6) is 0 Å². The molecular weight excluding hydrogens is 299 g/mol. The van der Waals surface area contributed by atoms with Gasteiger partial charge in [0.2, 0.25) is 5.91 Å². The maximum Gasteiger partial charge on any atom is 0.246 e. The number of amides is 1. The Hall–Kier alpha value is -1.79. The van der Waals surface area contributed by atoms with E-state index < -0.39 is 0 Å². The maximum atomic E-state index is 12.9. The van der Waals surface area contributed by atoms with E-state index in [1.54, 1.807) is 0 Å². The number of likely N-dealkylation sites (tertiary alicyclic amines) is 1. The van der Waals surface area contributed by atoms with E-state index in [0.717, 1.165) is 25.9 Å². The Morgan fingerprint density at radius 3 is 2.57 bits per heavy atom. The molecule has 1 N–H and O–H groups in total. The van der Waals surface area contributed by atoms with Gasteiger partial charge in [0.05, 0.1) is 5.60 Å². The van der Waals surface area contributed by atoms with Crippen LogP contribution in [0.3, 0.4) is 0 Å². The molecule has 2 saturated heterocycles. The van der Waals surface area contributed by atoms with Gasteiger partial charge in [0.25, 0.3) is 0 Å². The third-order valence-electron chi connectivity index (χ3n) is 4.71. The minimum Gasteiger partial charge on any atom is -0.363 e. The Balaban J connectivity index is 1.45. The molecule has 0 saturated carbocycles. The van der Waals surface area contributed by atoms with Crippen molar-refractivity contribution < 1.29 is 18.7 Å². The zero-order valence-corrected chi connectivity index (χ0v) is 13.0. The van der Waals surface area contributed by atoms with E-state index in [1.165, 1.54) is 24.3 Å². The summed E-state index contributed by atoms with van der Waals surface area (Å²) < 4.78 is 18.6. The number of hydrogen-bond acceptors (Lipinski definition) is 4. The van der Waals surface area contributed by atoms with Crippen LogP contribution in [0, 0.1) is 5.82 Å². The quantitative estimate of drug-likeness (QED) is 0.852. The molecule has 124 valence electrons. The summed E-state index contributed by atoms with van der Waals surface area (Å²) in [5.74, 6) is -0.350. The fourth-order valence-electron chi connectivity index (χ4n) is 3.13. The first-order valence-corrected chi connectivity index (χ1v) is 7.98. The largest absolute Gasteiger partial charge is 0.363 e. The second kappa shape index (κ2) is 6.76. The van der Waals surface area contributed by atoms with Gasteiger partial charge in [-0.15, -0.1) is 0 Å². The number of ether oxygens (including phenoxy) is 1. The van der Waals surface area contributed by atoms with Gasteiger partial charge in [-0.25, -0.2) is 4.39 Å². The van der Waals surface area contributed by atoms with Crippen LogP contribution < -0.4 is 5.32 Å². The number of halogens is 1. The van der Waals surface area contributed by atoms with Crippen molar-refractivity contribution in [3.63, 3.8) is 0 Å². The summed E-state index contributed by atoms with van der Waals surface area (Å²) in [6.45, 7) is 3.12. The lowest BCUT2D eigenvalue weighted by atomic mass is 9.90. The minimum atomic E-state index is -0.331. The van der Waals surface area contributed by atoms with Gasteiger partial charge in [0.15, 0.2) is 5.78 Å². The predicted octanol–water partition coefficient (Wildman–Crippen LogP) is 1.38. The average Bonchev–Trinajstić information content (AvgIpc) is 2.58. The van der Waals surface area contributed by atoms with E-state index in [-0.39, 0.29) is 29.7 Å². The summed E-state index contributed by atoms with van der Waals surface area (Å²) in [6, 6.07) is 5.68. The first-order valence-electron chi connectivity index (χ1n) is 7.98. The van der Waals surface area contributed by atoms with Crippen LogP contribution in [-0.4, -0.2) is 55.0 Å². The van der Waals surface area contributed by atoms with E-state index in [1.807, 2.05) is 0 Å². The fraction of sp³-hybridized carbons (Fsp3) is 0.529. The molecule has 1 spiro atoms. The van der Waals surface area contributed by atoms with Crippen LogP contribution in [0.25, 0.3) is 0 Å². The fourth-order valence-corrected chi connectivity index (χ4v) is 3.13. The molecule has 0 unspecified atom stereocenters. The van der Waals surface area contributed by atoms with Crippen molar-refractivity contribution in [1.29, 1.82) is 0 Å². The lowest BCUT2D eigenvalue weighted by Crippen LogP contribution is -2.57. The van der Waals surface area contributed by atoms with Crippen molar-refractivity contribution in [1.82, 2.24) is 10.2 Å². The number of carbonyl (C=O) groups is 2. The monoisotopic (exact) mass is 320 g/mol. The second-order valence-electron chi connectivity index (χ2n) is 6.27. The molecule has 1 aromatic carbocycles. The highest BCUT2D eigenvalue weighted by Gasteiger charge is 2.38. The van der Waals surface area contributed by atoms with Crippen LogP contribution in [-0.2, 0) is 9.53 Å². The number of hydrogen-bond donors (Lipinski definition) is 1. The maximum absolute atomic E-state index is 12.9. The molecule has 0 aliphatic carbocycles. The van der Waals surface area contributed by atoms with Gasteiger partial charge in [-0.2, -0.15) is 0 Å². The number of piperidine rings is 1. The molecule has 0 bridgehead atoms. The SMILES string of the molecule is O=C1COC2(CCN(CCC(=O)c3ccc(F)cc3)CC2)CN1. The third-order valence-corrected chi connectivity index (χ3v) is 4.71. The third kappa shape index (κ3) is 3.95. The highest BCUT2D eigenvalue weighted by atomic mass is 19.1. The first-order chi connectivity index (χ1) is 11.1. The van der Waals surface area contributed by atoms with Crippen molar-refractivity contribution >= 4 is 11.7 Å². The smallest absolute Gasteiger partial charge is 0.246 e. The van der Waals surface area contributed by atoms with Crippen LogP contribution in [0.15, 0.2) is 24.3 Å². The van der Waals surface area contributed by atoms with Gasteiger partial charge in [0.1, 0.15) is 12.4 Å². The Kier molecular flexibility index (Phi) is 4.73. The highest BCUT2D eigenvalue weighted by Crippen LogP contribution is 2.27. The standard InChI is InChI=1S/C17H21FN2O3/c18-14-3-1-13(2-4-14)15(21)5-8-20-9-6-17(7-10-20)12-19-16(22)11-23-17/h1-4H,5-12H2,(H,19,22). The zero-order valence-electron chi connectivity index (χ0n) is 13.0. The van der Waals surface area contributed by atoms with E-state index in [9.17, 15) is 14.0 Å². The molecule has 2 fully saturated rings. The molecule has 23 heavy (non-hydrogen) atoms. The summed E-state index contributed by atoms with van der Waals surface area (Å²) in [4.78, 5) is 25.5. The molecule has 6 heteroatoms. The van der Waals surface area contributed by atoms with Gasteiger partial charge in [0, 0.05) is 38.2 Å². The number of nitrogens with zero attached hydrogens (tertiary/aromatic N) is 1. The second-order valence-corrected chi connectivity index (χ2v) is 6.27. The highest BCUT2D eigenvalue weighted by molar-refractivity contribution is 5.96. The molecular formula is C17H21FN2O3. The van der Waals surface area contributed by atoms with E-state index in [2.05, 4.69) is 10.2 Å². The first kappa shape index (κ1) is 16.1. The molecule has 1 amide bonds. The van der Waals surface area contributed by atoms with Crippen molar-refractivity contribution in [3.8, 4) is 0 Å². The Morgan fingerprint density at radius 1 is 1.26 bits per heavy atom. The van der Waals surface area contributed by atoms with Gasteiger partial charge >= 0.3 is 0 Å². The summed E-state index contributed by atoms with van der Waals surface area (Å²) in [6.07, 6.45) is 2.15. The molecule has 1 aromatic rings. The molecule has 3 rings (SSSR count). The zero-order chi connectivity index (χ0) is 16.3. The molecule has 2 aliphatic heterocycles. The molecule has 0 radical (unpaired) electrons. The average molecular weight is 320 g/mol. The molecule has 0 atom stereocenters. The van der Waals surface area contributed by atoms with Crippen LogP contribution in [0.1, 0.15) is 29.6 Å². The summed E-state index contributed by atoms with van der Waals surface area (Å²) in [5, 5.41) is 2.87. The van der Waals surface area contributed by atoms with Crippen molar-refractivity contribution in [3.05, 3.63) is 35.6 Å². The number of morpholine rings is 1. The number of ketones is 1. The normalized spacial score (nSPS) is 21.2. The van der Waals surface area contributed by atoms with Gasteiger partial charge in [-0.3, -0.25) is 9.59 Å². The number of rotatable bonds is 4. The van der Waals surface area contributed by atoms with E-state index in [4.69, 9.17) is 4.74 Å². The van der Waals surface area contributed by atoms with Crippen LogP contribution >= 0.6 is 0 Å². The molecule has 0 aromatic heterocycles. The summed E-state index contributed by atoms with van der Waals surface area (Å²) in [7, 11) is 0. The lowest BCUT2D eigenvalue weighted by molar-refractivity contribution is -0.150. The number of Topliss-reactive ketones (excluding diaryl/α,β-unsaturated/α-hetero) is 1. The molecule has 5 nitrogen and oxygen atoms in total. The van der Waals surface area contributed by atoms with Crippen molar-refractivity contribution in [2.24, 2.45) is 0 Å². The summed E-state index contributed by atoms with van der Waals surface area (Å²) in [5.41, 5.74) is 0.323. The number of nitrogens with one attached hydrogen (secondary N) is 1. The number of benzene rings is 1. The minimum absolute atomic E-state index is 0.0338. The Bertz CT molecular complexity index is 568. The predicted molar refractivity (Wildman–Crippen MR) is 82.7 cm³/mol. The Labute approximate surface area is 134 Å². The van der Waals surface area contributed by atoms with Gasteiger partial charge < -0.3 is 15.0 Å². The van der Waals surface area contributed by atoms with Crippen molar-refractivity contribution in [2.45, 2.75) is 24.9 Å². The Morgan fingerprint density at radius 2 is 1.96 bits per heavy atom. The van der Waals surface area contributed by atoms with Crippen molar-refractivity contribution in [2.75, 3.05) is 32.8 Å².